The van der Waals surface area contributed by atoms with Crippen LogP contribution in [0.25, 0.3) is 11.0 Å². The van der Waals surface area contributed by atoms with Gasteiger partial charge < -0.3 is 5.32 Å². The van der Waals surface area contributed by atoms with Crippen molar-refractivity contribution in [3.05, 3.63) is 58.5 Å². The highest BCUT2D eigenvalue weighted by molar-refractivity contribution is 5.78. The van der Waals surface area contributed by atoms with E-state index in [0.29, 0.717) is 29.7 Å². The van der Waals surface area contributed by atoms with Gasteiger partial charge in [-0.05, 0) is 49.3 Å². The van der Waals surface area contributed by atoms with Crippen molar-refractivity contribution < 1.29 is 9.18 Å². The molecule has 7 nitrogen and oxygen atoms in total. The normalized spacial score (nSPS) is 18.5. The van der Waals surface area contributed by atoms with Crippen molar-refractivity contribution in [3.8, 4) is 0 Å². The van der Waals surface area contributed by atoms with Gasteiger partial charge in [-0.1, -0.05) is 38.3 Å². The lowest BCUT2D eigenvalue weighted by atomic mass is 9.79. The number of hydrogen-bond donors (Lipinski definition) is 1. The summed E-state index contributed by atoms with van der Waals surface area (Å²) >= 11 is 0. The molecule has 176 valence electrons. The van der Waals surface area contributed by atoms with Gasteiger partial charge in [-0.25, -0.2) is 14.1 Å². The first-order valence-corrected chi connectivity index (χ1v) is 12.0. The monoisotopic (exact) mass is 453 g/mol. The fourth-order valence-electron chi connectivity index (χ4n) is 4.74. The van der Waals surface area contributed by atoms with E-state index in [1.807, 2.05) is 0 Å². The Balaban J connectivity index is 1.32. The molecule has 1 amide bonds. The van der Waals surface area contributed by atoms with Gasteiger partial charge in [0.05, 0.1) is 19.3 Å². The second kappa shape index (κ2) is 10.7. The maximum atomic E-state index is 13.4. The summed E-state index contributed by atoms with van der Waals surface area (Å²) in [5.74, 6) is 0.658. The number of halogens is 1. The zero-order valence-electron chi connectivity index (χ0n) is 19.2. The van der Waals surface area contributed by atoms with Crippen LogP contribution in [0.15, 0.2) is 41.6 Å². The van der Waals surface area contributed by atoms with Crippen LogP contribution in [-0.2, 0) is 17.9 Å². The molecule has 0 unspecified atom stereocenters. The summed E-state index contributed by atoms with van der Waals surface area (Å²) in [6.07, 6.45) is 11.0. The highest BCUT2D eigenvalue weighted by Gasteiger charge is 2.25. The van der Waals surface area contributed by atoms with Gasteiger partial charge in [0.25, 0.3) is 5.56 Å². The Kier molecular flexibility index (Phi) is 7.52. The average molecular weight is 454 g/mol. The standard InChI is InChI=1S/C25H32FN5O2/c1-2-3-5-18-8-10-20(11-9-18)24(32)27-12-13-31-23-22(15-29-31)25(33)30(17-28-23)16-19-6-4-7-21(26)14-19/h4,6-7,14-15,17-18,20H,2-3,5,8-13,16H2,1H3,(H,27,32). The Bertz CT molecular complexity index is 1150. The topological polar surface area (TPSA) is 81.8 Å². The van der Waals surface area contributed by atoms with E-state index in [0.717, 1.165) is 31.6 Å². The van der Waals surface area contributed by atoms with E-state index in [1.54, 1.807) is 16.8 Å². The van der Waals surface area contributed by atoms with Crippen LogP contribution in [0.4, 0.5) is 4.39 Å². The van der Waals surface area contributed by atoms with Gasteiger partial charge in [0, 0.05) is 12.5 Å². The summed E-state index contributed by atoms with van der Waals surface area (Å²) in [5.41, 5.74) is 0.952. The van der Waals surface area contributed by atoms with Gasteiger partial charge in [0.2, 0.25) is 5.91 Å². The maximum absolute atomic E-state index is 13.4. The smallest absolute Gasteiger partial charge is 0.264 e. The lowest BCUT2D eigenvalue weighted by Crippen LogP contribution is -2.35. The number of carbonyl (C=O) groups is 1. The molecule has 33 heavy (non-hydrogen) atoms. The number of nitrogens with zero attached hydrogens (tertiary/aromatic N) is 4. The Morgan fingerprint density at radius 1 is 1.24 bits per heavy atom. The molecule has 1 aliphatic carbocycles. The molecule has 0 saturated heterocycles. The summed E-state index contributed by atoms with van der Waals surface area (Å²) in [6, 6.07) is 6.16. The van der Waals surface area contributed by atoms with Crippen LogP contribution in [0, 0.1) is 17.7 Å². The predicted molar refractivity (Wildman–Crippen MR) is 125 cm³/mol. The summed E-state index contributed by atoms with van der Waals surface area (Å²) in [4.78, 5) is 29.8. The number of rotatable bonds is 9. The summed E-state index contributed by atoms with van der Waals surface area (Å²) < 4.78 is 16.5. The molecule has 3 aromatic rings. The summed E-state index contributed by atoms with van der Waals surface area (Å²) in [6.45, 7) is 3.35. The third-order valence-corrected chi connectivity index (χ3v) is 6.67. The minimum atomic E-state index is -0.339. The second-order valence-corrected chi connectivity index (χ2v) is 9.06. The van der Waals surface area contributed by atoms with E-state index in [1.165, 1.54) is 48.5 Å². The molecule has 1 aliphatic rings. The number of benzene rings is 1. The first kappa shape index (κ1) is 23.1. The molecule has 1 aromatic carbocycles. The number of unbranched alkanes of at least 4 members (excludes halogenated alkanes) is 1. The van der Waals surface area contributed by atoms with Crippen LogP contribution < -0.4 is 10.9 Å². The van der Waals surface area contributed by atoms with E-state index in [4.69, 9.17) is 0 Å². The number of carbonyl (C=O) groups excluding carboxylic acids is 1. The molecule has 1 fully saturated rings. The summed E-state index contributed by atoms with van der Waals surface area (Å²) in [5, 5.41) is 7.73. The molecular formula is C25H32FN5O2. The van der Waals surface area contributed by atoms with Crippen molar-refractivity contribution in [1.29, 1.82) is 0 Å². The van der Waals surface area contributed by atoms with Gasteiger partial charge in [-0.3, -0.25) is 14.2 Å². The molecule has 1 N–H and O–H groups in total. The van der Waals surface area contributed by atoms with E-state index in [9.17, 15) is 14.0 Å². The Hall–Kier alpha value is -3.03. The SMILES string of the molecule is CCCCC1CCC(C(=O)NCCn2ncc3c(=O)n(Cc4cccc(F)c4)cnc32)CC1. The lowest BCUT2D eigenvalue weighted by molar-refractivity contribution is -0.126. The quantitative estimate of drug-likeness (QED) is 0.533. The van der Waals surface area contributed by atoms with Gasteiger partial charge in [0.15, 0.2) is 5.65 Å². The lowest BCUT2D eigenvalue weighted by Gasteiger charge is -2.27. The molecule has 0 spiro atoms. The van der Waals surface area contributed by atoms with Gasteiger partial charge >= 0.3 is 0 Å². The Labute approximate surface area is 193 Å². The number of hydrogen-bond acceptors (Lipinski definition) is 4. The molecule has 1 saturated carbocycles. The van der Waals surface area contributed by atoms with Crippen molar-refractivity contribution >= 4 is 16.9 Å². The first-order valence-electron chi connectivity index (χ1n) is 12.0. The van der Waals surface area contributed by atoms with E-state index < -0.39 is 0 Å². The van der Waals surface area contributed by atoms with Crippen molar-refractivity contribution in [3.63, 3.8) is 0 Å². The fourth-order valence-corrected chi connectivity index (χ4v) is 4.74. The van der Waals surface area contributed by atoms with E-state index >= 15 is 0 Å². The van der Waals surface area contributed by atoms with Crippen molar-refractivity contribution in [2.75, 3.05) is 6.54 Å². The maximum Gasteiger partial charge on any atom is 0.264 e. The molecule has 8 heteroatoms. The van der Waals surface area contributed by atoms with Crippen LogP contribution in [0.2, 0.25) is 0 Å². The van der Waals surface area contributed by atoms with Crippen LogP contribution in [0.1, 0.15) is 57.4 Å². The molecule has 4 rings (SSSR count). The van der Waals surface area contributed by atoms with E-state index in [-0.39, 0.29) is 29.7 Å². The highest BCUT2D eigenvalue weighted by Crippen LogP contribution is 2.31. The van der Waals surface area contributed by atoms with Crippen LogP contribution >= 0.6 is 0 Å². The zero-order valence-corrected chi connectivity index (χ0v) is 19.2. The van der Waals surface area contributed by atoms with Crippen LogP contribution in [0.5, 0.6) is 0 Å². The number of fused-ring (bicyclic) bond motifs is 1. The highest BCUT2D eigenvalue weighted by atomic mass is 19.1. The molecule has 2 aromatic heterocycles. The minimum absolute atomic E-state index is 0.102. The van der Waals surface area contributed by atoms with Crippen molar-refractivity contribution in [2.24, 2.45) is 11.8 Å². The Morgan fingerprint density at radius 2 is 2.06 bits per heavy atom. The largest absolute Gasteiger partial charge is 0.354 e. The molecule has 0 atom stereocenters. The Morgan fingerprint density at radius 3 is 2.82 bits per heavy atom. The van der Waals surface area contributed by atoms with Gasteiger partial charge in [0.1, 0.15) is 17.5 Å². The molecule has 0 radical (unpaired) electrons. The average Bonchev–Trinajstić information content (AvgIpc) is 3.23. The molecule has 2 heterocycles. The first-order chi connectivity index (χ1) is 16.0. The minimum Gasteiger partial charge on any atom is -0.354 e. The number of amides is 1. The summed E-state index contributed by atoms with van der Waals surface area (Å²) in [7, 11) is 0. The third kappa shape index (κ3) is 5.67. The molecule has 0 bridgehead atoms. The molecular weight excluding hydrogens is 421 g/mol. The number of nitrogens with one attached hydrogen (secondary N) is 1. The van der Waals surface area contributed by atoms with Crippen molar-refractivity contribution in [1.82, 2.24) is 24.6 Å². The van der Waals surface area contributed by atoms with E-state index in [2.05, 4.69) is 22.3 Å². The fraction of sp³-hybridized carbons (Fsp3) is 0.520. The van der Waals surface area contributed by atoms with Crippen molar-refractivity contribution in [2.45, 2.75) is 65.0 Å². The molecule has 0 aliphatic heterocycles. The van der Waals surface area contributed by atoms with Gasteiger partial charge in [-0.15, -0.1) is 0 Å². The predicted octanol–water partition coefficient (Wildman–Crippen LogP) is 3.89. The number of aromatic nitrogens is 4. The third-order valence-electron chi connectivity index (χ3n) is 6.67. The second-order valence-electron chi connectivity index (χ2n) is 9.06. The van der Waals surface area contributed by atoms with Crippen LogP contribution in [0.3, 0.4) is 0 Å². The van der Waals surface area contributed by atoms with Crippen LogP contribution in [-0.4, -0.2) is 31.8 Å². The van der Waals surface area contributed by atoms with Gasteiger partial charge in [-0.2, -0.15) is 5.10 Å². The zero-order chi connectivity index (χ0) is 23.2.